The minimum atomic E-state index is 0.236. The van der Waals surface area contributed by atoms with E-state index in [1.807, 2.05) is 0 Å². The van der Waals surface area contributed by atoms with Crippen molar-refractivity contribution in [2.24, 2.45) is 11.1 Å². The van der Waals surface area contributed by atoms with Crippen molar-refractivity contribution in [3.63, 3.8) is 0 Å². The molecule has 20 heavy (non-hydrogen) atoms. The zero-order chi connectivity index (χ0) is 14.2. The third kappa shape index (κ3) is 2.29. The Kier molecular flexibility index (Phi) is 3.87. The number of benzene rings is 1. The van der Waals surface area contributed by atoms with Crippen LogP contribution in [0.15, 0.2) is 24.3 Å². The summed E-state index contributed by atoms with van der Waals surface area (Å²) in [7, 11) is 0. The molecule has 0 amide bonds. The maximum Gasteiger partial charge on any atom is 0.0369 e. The van der Waals surface area contributed by atoms with E-state index in [1.54, 1.807) is 0 Å². The Morgan fingerprint density at radius 3 is 2.30 bits per heavy atom. The first-order valence-corrected chi connectivity index (χ1v) is 8.27. The van der Waals surface area contributed by atoms with Crippen molar-refractivity contribution in [1.82, 2.24) is 4.90 Å². The van der Waals surface area contributed by atoms with Crippen LogP contribution in [0.25, 0.3) is 0 Å². The monoisotopic (exact) mass is 272 g/mol. The maximum absolute atomic E-state index is 6.32. The average molecular weight is 272 g/mol. The molecule has 2 atom stereocenters. The zero-order valence-corrected chi connectivity index (χ0v) is 12.9. The Labute approximate surface area is 123 Å². The Balaban J connectivity index is 1.74. The fourth-order valence-electron chi connectivity index (χ4n) is 4.26. The van der Waals surface area contributed by atoms with E-state index < -0.39 is 0 Å². The molecule has 2 N–H and O–H groups in total. The molecule has 2 aliphatic rings. The number of hydrogen-bond acceptors (Lipinski definition) is 2. The van der Waals surface area contributed by atoms with E-state index in [4.69, 9.17) is 5.73 Å². The molecule has 1 heterocycles. The Hall–Kier alpha value is -0.860. The van der Waals surface area contributed by atoms with Crippen molar-refractivity contribution in [3.05, 3.63) is 35.4 Å². The molecule has 0 saturated carbocycles. The van der Waals surface area contributed by atoms with Crippen LogP contribution in [-0.2, 0) is 0 Å². The van der Waals surface area contributed by atoms with Crippen LogP contribution in [0.5, 0.6) is 0 Å². The van der Waals surface area contributed by atoms with Gasteiger partial charge < -0.3 is 5.73 Å². The lowest BCUT2D eigenvalue weighted by molar-refractivity contribution is 0.0645. The Morgan fingerprint density at radius 2 is 1.70 bits per heavy atom. The first kappa shape index (κ1) is 14.1. The fraction of sp³-hybridized carbons (Fsp3) is 0.667. The largest absolute Gasteiger partial charge is 0.324 e. The molecule has 0 spiro atoms. The van der Waals surface area contributed by atoms with Gasteiger partial charge in [-0.1, -0.05) is 51.0 Å². The van der Waals surface area contributed by atoms with Gasteiger partial charge in [0.15, 0.2) is 0 Å². The average Bonchev–Trinajstić information content (AvgIpc) is 2.85. The van der Waals surface area contributed by atoms with Crippen LogP contribution in [-0.4, -0.2) is 18.0 Å². The lowest BCUT2D eigenvalue weighted by atomic mass is 9.74. The van der Waals surface area contributed by atoms with Crippen LogP contribution < -0.4 is 5.73 Å². The minimum absolute atomic E-state index is 0.236. The zero-order valence-electron chi connectivity index (χ0n) is 12.9. The van der Waals surface area contributed by atoms with Crippen LogP contribution in [0.2, 0.25) is 0 Å². The molecule has 2 unspecified atom stereocenters. The van der Waals surface area contributed by atoms with Gasteiger partial charge >= 0.3 is 0 Å². The second-order valence-electron chi connectivity index (χ2n) is 6.73. The number of nitrogens with two attached hydrogens (primary N) is 1. The van der Waals surface area contributed by atoms with Gasteiger partial charge in [-0.15, -0.1) is 0 Å². The molecule has 1 saturated heterocycles. The summed E-state index contributed by atoms with van der Waals surface area (Å²) in [5.74, 6) is 0. The van der Waals surface area contributed by atoms with E-state index >= 15 is 0 Å². The predicted octanol–water partition coefficient (Wildman–Crippen LogP) is 4.03. The normalized spacial score (nSPS) is 29.4. The van der Waals surface area contributed by atoms with Gasteiger partial charge in [0.1, 0.15) is 0 Å². The van der Waals surface area contributed by atoms with E-state index in [1.165, 1.54) is 49.9 Å². The molecule has 1 fully saturated rings. The smallest absolute Gasteiger partial charge is 0.0369 e. The van der Waals surface area contributed by atoms with Crippen molar-refractivity contribution in [2.45, 2.75) is 58.0 Å². The highest BCUT2D eigenvalue weighted by atomic mass is 15.2. The van der Waals surface area contributed by atoms with E-state index in [9.17, 15) is 0 Å². The van der Waals surface area contributed by atoms with E-state index in [0.29, 0.717) is 11.5 Å². The predicted molar refractivity (Wildman–Crippen MR) is 84.6 cm³/mol. The van der Waals surface area contributed by atoms with Crippen LogP contribution >= 0.6 is 0 Å². The van der Waals surface area contributed by atoms with Gasteiger partial charge in [-0.05, 0) is 48.9 Å². The van der Waals surface area contributed by atoms with Crippen molar-refractivity contribution < 1.29 is 0 Å². The number of likely N-dealkylation sites (tertiary alicyclic amines) is 1. The lowest BCUT2D eigenvalue weighted by Gasteiger charge is -2.43. The Bertz CT molecular complexity index is 454. The third-order valence-corrected chi connectivity index (χ3v) is 6.03. The van der Waals surface area contributed by atoms with Crippen molar-refractivity contribution >= 4 is 0 Å². The molecule has 1 aliphatic carbocycles. The number of fused-ring (bicyclic) bond motifs is 1. The molecular weight excluding hydrogens is 244 g/mol. The van der Waals surface area contributed by atoms with Crippen LogP contribution in [0.4, 0.5) is 0 Å². The molecule has 1 aromatic carbocycles. The third-order valence-electron chi connectivity index (χ3n) is 6.03. The van der Waals surface area contributed by atoms with Gasteiger partial charge in [0.2, 0.25) is 0 Å². The summed E-state index contributed by atoms with van der Waals surface area (Å²) in [5.41, 5.74) is 9.79. The summed E-state index contributed by atoms with van der Waals surface area (Å²) in [6.07, 6.45) is 6.47. The van der Waals surface area contributed by atoms with E-state index in [-0.39, 0.29) is 6.04 Å². The highest BCUT2D eigenvalue weighted by molar-refractivity contribution is 5.37. The molecule has 3 rings (SSSR count). The van der Waals surface area contributed by atoms with Crippen LogP contribution in [0.1, 0.15) is 69.2 Å². The topological polar surface area (TPSA) is 29.3 Å². The quantitative estimate of drug-likeness (QED) is 0.900. The van der Waals surface area contributed by atoms with Crippen molar-refractivity contribution in [3.8, 4) is 0 Å². The molecule has 1 aromatic rings. The SMILES string of the molecule is CCC1(CC)CCN(C2CC(N)c3ccccc32)CC1. The fourth-order valence-corrected chi connectivity index (χ4v) is 4.26. The second-order valence-corrected chi connectivity index (χ2v) is 6.73. The van der Waals surface area contributed by atoms with Crippen molar-refractivity contribution in [2.75, 3.05) is 13.1 Å². The summed E-state index contributed by atoms with van der Waals surface area (Å²) in [5, 5.41) is 0. The highest BCUT2D eigenvalue weighted by Gasteiger charge is 2.37. The van der Waals surface area contributed by atoms with Gasteiger partial charge in [0.05, 0.1) is 0 Å². The molecule has 2 heteroatoms. The molecule has 0 aromatic heterocycles. The summed E-state index contributed by atoms with van der Waals surface area (Å²) in [6, 6.07) is 9.58. The van der Waals surface area contributed by atoms with Gasteiger partial charge in [-0.25, -0.2) is 0 Å². The summed E-state index contributed by atoms with van der Waals surface area (Å²) in [4.78, 5) is 2.69. The minimum Gasteiger partial charge on any atom is -0.324 e. The molecular formula is C18H28N2. The van der Waals surface area contributed by atoms with Crippen molar-refractivity contribution in [1.29, 1.82) is 0 Å². The van der Waals surface area contributed by atoms with Gasteiger partial charge in [0, 0.05) is 12.1 Å². The summed E-state index contributed by atoms with van der Waals surface area (Å²) in [6.45, 7) is 7.21. The number of nitrogens with zero attached hydrogens (tertiary/aromatic N) is 1. The van der Waals surface area contributed by atoms with Gasteiger partial charge in [-0.3, -0.25) is 4.90 Å². The first-order chi connectivity index (χ1) is 9.69. The summed E-state index contributed by atoms with van der Waals surface area (Å²) >= 11 is 0. The molecule has 0 bridgehead atoms. The Morgan fingerprint density at radius 1 is 1.10 bits per heavy atom. The first-order valence-electron chi connectivity index (χ1n) is 8.27. The lowest BCUT2D eigenvalue weighted by Crippen LogP contribution is -2.41. The second kappa shape index (κ2) is 5.50. The van der Waals surface area contributed by atoms with E-state index in [0.717, 1.165) is 6.42 Å². The molecule has 110 valence electrons. The van der Waals surface area contributed by atoms with Crippen LogP contribution in [0, 0.1) is 5.41 Å². The number of piperidine rings is 1. The standard InChI is InChI=1S/C18H28N2/c1-3-18(4-2)9-11-20(12-10-18)17-13-16(19)14-7-5-6-8-15(14)17/h5-8,16-17H,3-4,9-13,19H2,1-2H3. The molecule has 2 nitrogen and oxygen atoms in total. The van der Waals surface area contributed by atoms with E-state index in [2.05, 4.69) is 43.0 Å². The maximum atomic E-state index is 6.32. The van der Waals surface area contributed by atoms with Crippen LogP contribution in [0.3, 0.4) is 0 Å². The molecule has 0 radical (unpaired) electrons. The highest BCUT2D eigenvalue weighted by Crippen LogP contribution is 2.45. The number of hydrogen-bond donors (Lipinski definition) is 1. The summed E-state index contributed by atoms with van der Waals surface area (Å²) < 4.78 is 0. The number of rotatable bonds is 3. The van der Waals surface area contributed by atoms with Gasteiger partial charge in [0.25, 0.3) is 0 Å². The van der Waals surface area contributed by atoms with Gasteiger partial charge in [-0.2, -0.15) is 0 Å². The molecule has 1 aliphatic heterocycles.